The lowest BCUT2D eigenvalue weighted by molar-refractivity contribution is -0.122. The van der Waals surface area contributed by atoms with Gasteiger partial charge in [0.25, 0.3) is 5.91 Å². The molecule has 7 heteroatoms. The lowest BCUT2D eigenvalue weighted by Gasteiger charge is -2.18. The van der Waals surface area contributed by atoms with Crippen LogP contribution < -0.4 is 5.43 Å². The summed E-state index contributed by atoms with van der Waals surface area (Å²) in [4.78, 5) is 13.2. The number of amides is 1. The van der Waals surface area contributed by atoms with Gasteiger partial charge in [0, 0.05) is 11.3 Å². The molecule has 0 radical (unpaired) electrons. The van der Waals surface area contributed by atoms with E-state index < -0.39 is 0 Å². The van der Waals surface area contributed by atoms with Crippen molar-refractivity contribution in [1.29, 1.82) is 0 Å². The molecule has 1 N–H and O–H groups in total. The molecular formula is C16H20N6O. The molecule has 23 heavy (non-hydrogen) atoms. The average Bonchev–Trinajstić information content (AvgIpc) is 3.02. The number of hydrazone groups is 1. The lowest BCUT2D eigenvalue weighted by atomic mass is 9.89. The van der Waals surface area contributed by atoms with Crippen LogP contribution in [0.3, 0.4) is 0 Å². The van der Waals surface area contributed by atoms with Gasteiger partial charge in [0.1, 0.15) is 6.54 Å². The molecule has 120 valence electrons. The number of rotatable bonds is 4. The summed E-state index contributed by atoms with van der Waals surface area (Å²) in [5.41, 5.74) is 4.53. The van der Waals surface area contributed by atoms with Crippen molar-refractivity contribution in [3.8, 4) is 11.4 Å². The van der Waals surface area contributed by atoms with Crippen LogP contribution in [0.25, 0.3) is 11.4 Å². The van der Waals surface area contributed by atoms with Crippen LogP contribution in [0.1, 0.15) is 32.6 Å². The summed E-state index contributed by atoms with van der Waals surface area (Å²) in [6.07, 6.45) is 4.30. The third-order valence-corrected chi connectivity index (χ3v) is 3.85. The molecule has 0 saturated heterocycles. The molecule has 1 atom stereocenters. The zero-order chi connectivity index (χ0) is 16.1. The summed E-state index contributed by atoms with van der Waals surface area (Å²) in [5.74, 6) is 0.906. The Balaban J connectivity index is 1.56. The highest BCUT2D eigenvalue weighted by atomic mass is 16.2. The minimum atomic E-state index is -0.243. The molecule has 1 heterocycles. The highest BCUT2D eigenvalue weighted by Gasteiger charge is 2.14. The highest BCUT2D eigenvalue weighted by molar-refractivity contribution is 5.87. The predicted octanol–water partition coefficient (Wildman–Crippen LogP) is 2.02. The fourth-order valence-corrected chi connectivity index (χ4v) is 2.68. The Morgan fingerprint density at radius 1 is 1.39 bits per heavy atom. The van der Waals surface area contributed by atoms with Gasteiger partial charge in [-0.3, -0.25) is 4.79 Å². The predicted molar refractivity (Wildman–Crippen MR) is 86.5 cm³/mol. The van der Waals surface area contributed by atoms with Gasteiger partial charge in [-0.2, -0.15) is 9.90 Å². The Morgan fingerprint density at radius 2 is 2.22 bits per heavy atom. The third kappa shape index (κ3) is 4.21. The Bertz CT molecular complexity index is 694. The molecule has 7 nitrogen and oxygen atoms in total. The molecule has 2 aromatic rings. The Morgan fingerprint density at radius 3 is 3.00 bits per heavy atom. The SMILES string of the molecule is C[C@@H]1CCC/C(=N\NC(=O)Cn2nnc(-c3ccccc3)n2)C1. The number of nitrogens with zero attached hydrogens (tertiary/aromatic N) is 5. The van der Waals surface area contributed by atoms with Gasteiger partial charge in [0.05, 0.1) is 0 Å². The smallest absolute Gasteiger partial charge is 0.263 e. The lowest BCUT2D eigenvalue weighted by Crippen LogP contribution is -2.26. The third-order valence-electron chi connectivity index (χ3n) is 3.85. The molecular weight excluding hydrogens is 292 g/mol. The number of nitrogens with one attached hydrogen (secondary N) is 1. The van der Waals surface area contributed by atoms with Crippen molar-refractivity contribution in [2.45, 2.75) is 39.2 Å². The van der Waals surface area contributed by atoms with Crippen LogP contribution in [-0.4, -0.2) is 31.8 Å². The number of carbonyl (C=O) groups is 1. The van der Waals surface area contributed by atoms with Crippen molar-refractivity contribution >= 4 is 11.6 Å². The number of hydrogen-bond donors (Lipinski definition) is 1. The molecule has 3 rings (SSSR count). The summed E-state index contributed by atoms with van der Waals surface area (Å²) >= 11 is 0. The van der Waals surface area contributed by atoms with Gasteiger partial charge in [-0.1, -0.05) is 37.3 Å². The van der Waals surface area contributed by atoms with Crippen LogP contribution in [0.4, 0.5) is 0 Å². The summed E-state index contributed by atoms with van der Waals surface area (Å²) < 4.78 is 0. The number of carbonyl (C=O) groups excluding carboxylic acids is 1. The van der Waals surface area contributed by atoms with Gasteiger partial charge in [-0.15, -0.1) is 10.2 Å². The quantitative estimate of drug-likeness (QED) is 0.875. The minimum absolute atomic E-state index is 0.00612. The molecule has 1 aliphatic carbocycles. The van der Waals surface area contributed by atoms with E-state index in [9.17, 15) is 4.79 Å². The van der Waals surface area contributed by atoms with E-state index in [0.717, 1.165) is 30.5 Å². The number of aromatic nitrogens is 4. The van der Waals surface area contributed by atoms with E-state index in [2.05, 4.69) is 32.9 Å². The molecule has 0 spiro atoms. The van der Waals surface area contributed by atoms with Crippen LogP contribution in [-0.2, 0) is 11.3 Å². The van der Waals surface area contributed by atoms with E-state index in [4.69, 9.17) is 0 Å². The maximum atomic E-state index is 11.9. The van der Waals surface area contributed by atoms with Crippen molar-refractivity contribution < 1.29 is 4.79 Å². The van der Waals surface area contributed by atoms with Gasteiger partial charge in [0.2, 0.25) is 5.82 Å². The fourth-order valence-electron chi connectivity index (χ4n) is 2.68. The molecule has 1 amide bonds. The number of benzene rings is 1. The average molecular weight is 312 g/mol. The molecule has 1 aliphatic rings. The molecule has 1 aromatic carbocycles. The maximum absolute atomic E-state index is 11.9. The van der Waals surface area contributed by atoms with Crippen LogP contribution in [0, 0.1) is 5.92 Å². The Labute approximate surface area is 134 Å². The van der Waals surface area contributed by atoms with Gasteiger partial charge in [-0.25, -0.2) is 5.43 Å². The van der Waals surface area contributed by atoms with Crippen LogP contribution in [0.5, 0.6) is 0 Å². The van der Waals surface area contributed by atoms with E-state index in [1.54, 1.807) is 0 Å². The van der Waals surface area contributed by atoms with Crippen LogP contribution >= 0.6 is 0 Å². The van der Waals surface area contributed by atoms with E-state index in [-0.39, 0.29) is 12.5 Å². The Hall–Kier alpha value is -2.57. The number of tetrazole rings is 1. The summed E-state index contributed by atoms with van der Waals surface area (Å²) in [5, 5.41) is 16.3. The fraction of sp³-hybridized carbons (Fsp3) is 0.438. The largest absolute Gasteiger partial charge is 0.271 e. The topological polar surface area (TPSA) is 85.1 Å². The second kappa shape index (κ2) is 7.13. The summed E-state index contributed by atoms with van der Waals surface area (Å²) in [6.45, 7) is 2.22. The van der Waals surface area contributed by atoms with Crippen molar-refractivity contribution in [3.63, 3.8) is 0 Å². The minimum Gasteiger partial charge on any atom is -0.271 e. The second-order valence-corrected chi connectivity index (χ2v) is 5.92. The molecule has 0 bridgehead atoms. The molecule has 0 aliphatic heterocycles. The molecule has 1 saturated carbocycles. The van der Waals surface area contributed by atoms with Crippen molar-refractivity contribution in [2.24, 2.45) is 11.0 Å². The monoisotopic (exact) mass is 312 g/mol. The van der Waals surface area contributed by atoms with Gasteiger partial charge in [0.15, 0.2) is 0 Å². The van der Waals surface area contributed by atoms with Gasteiger partial charge >= 0.3 is 0 Å². The summed E-state index contributed by atoms with van der Waals surface area (Å²) in [6, 6.07) is 9.54. The first kappa shape index (κ1) is 15.3. The molecule has 1 fully saturated rings. The van der Waals surface area contributed by atoms with E-state index in [0.29, 0.717) is 11.7 Å². The van der Waals surface area contributed by atoms with Crippen molar-refractivity contribution in [1.82, 2.24) is 25.6 Å². The van der Waals surface area contributed by atoms with Gasteiger partial charge < -0.3 is 0 Å². The van der Waals surface area contributed by atoms with Crippen molar-refractivity contribution in [2.75, 3.05) is 0 Å². The van der Waals surface area contributed by atoms with Crippen LogP contribution in [0.15, 0.2) is 35.4 Å². The Kier molecular flexibility index (Phi) is 4.75. The maximum Gasteiger partial charge on any atom is 0.263 e. The van der Waals surface area contributed by atoms with E-state index in [1.807, 2.05) is 30.3 Å². The van der Waals surface area contributed by atoms with Gasteiger partial charge in [-0.05, 0) is 36.8 Å². The highest BCUT2D eigenvalue weighted by Crippen LogP contribution is 2.20. The zero-order valence-corrected chi connectivity index (χ0v) is 13.1. The van der Waals surface area contributed by atoms with E-state index in [1.165, 1.54) is 11.2 Å². The standard InChI is InChI=1S/C16H20N6O/c1-12-6-5-9-14(10-12)17-18-15(23)11-22-20-16(19-21-22)13-7-3-2-4-8-13/h2-4,7-8,12H,5-6,9-11H2,1H3,(H,18,23)/b17-14+/t12-/m1/s1. The van der Waals surface area contributed by atoms with E-state index >= 15 is 0 Å². The first-order valence-corrected chi connectivity index (χ1v) is 7.88. The first-order chi connectivity index (χ1) is 11.2. The number of hydrogen-bond acceptors (Lipinski definition) is 5. The van der Waals surface area contributed by atoms with Crippen molar-refractivity contribution in [3.05, 3.63) is 30.3 Å². The molecule has 1 aromatic heterocycles. The first-order valence-electron chi connectivity index (χ1n) is 7.88. The second-order valence-electron chi connectivity index (χ2n) is 5.92. The molecule has 0 unspecified atom stereocenters. The van der Waals surface area contributed by atoms with Crippen LogP contribution in [0.2, 0.25) is 0 Å². The zero-order valence-electron chi connectivity index (χ0n) is 13.1. The summed E-state index contributed by atoms with van der Waals surface area (Å²) in [7, 11) is 0. The normalized spacial score (nSPS) is 19.7.